The predicted octanol–water partition coefficient (Wildman–Crippen LogP) is 5.06. The van der Waals surface area contributed by atoms with Crippen molar-refractivity contribution < 1.29 is 19.4 Å². The van der Waals surface area contributed by atoms with Gasteiger partial charge in [-0.3, -0.25) is 0 Å². The Morgan fingerprint density at radius 2 is 2.03 bits per heavy atom. The Hall–Kier alpha value is -2.24. The zero-order chi connectivity index (χ0) is 23.1. The number of halogens is 1. The summed E-state index contributed by atoms with van der Waals surface area (Å²) in [5.74, 6) is 1.27. The molecule has 3 aliphatic rings. The molecule has 1 fully saturated rings. The van der Waals surface area contributed by atoms with E-state index >= 15 is 0 Å². The average Bonchev–Trinajstić information content (AvgIpc) is 3.39. The third kappa shape index (κ3) is 3.89. The van der Waals surface area contributed by atoms with Crippen molar-refractivity contribution in [1.29, 1.82) is 0 Å². The van der Waals surface area contributed by atoms with Gasteiger partial charge >= 0.3 is 5.97 Å². The molecule has 33 heavy (non-hydrogen) atoms. The average molecular weight is 470 g/mol. The van der Waals surface area contributed by atoms with E-state index in [2.05, 4.69) is 17.4 Å². The van der Waals surface area contributed by atoms with Crippen molar-refractivity contribution in [3.05, 3.63) is 58.1 Å². The minimum atomic E-state index is -0.776. The molecule has 1 atom stereocenters. The summed E-state index contributed by atoms with van der Waals surface area (Å²) in [5, 5.41) is 13.7. The molecule has 6 heteroatoms. The van der Waals surface area contributed by atoms with Gasteiger partial charge in [0.1, 0.15) is 11.3 Å². The lowest BCUT2D eigenvalue weighted by Crippen LogP contribution is -2.53. The van der Waals surface area contributed by atoms with Gasteiger partial charge in [-0.25, -0.2) is 4.79 Å². The van der Waals surface area contributed by atoms with Crippen molar-refractivity contribution in [3.8, 4) is 5.75 Å². The SMILES string of the molecule is COC(=O)C1(Nc2cccc(Cl)c2)CCC2(CC1)c1cc3c(cc1CC2CCCO)CCO3. The molecular weight excluding hydrogens is 438 g/mol. The maximum atomic E-state index is 13.1. The number of ether oxygens (including phenoxy) is 2. The number of anilines is 1. The second-order valence-corrected chi connectivity index (χ2v) is 10.3. The van der Waals surface area contributed by atoms with Crippen LogP contribution in [0.1, 0.15) is 55.2 Å². The Balaban J connectivity index is 1.47. The quantitative estimate of drug-likeness (QED) is 0.579. The topological polar surface area (TPSA) is 67.8 Å². The third-order valence-corrected chi connectivity index (χ3v) is 8.43. The number of esters is 1. The minimum absolute atomic E-state index is 0.000975. The van der Waals surface area contributed by atoms with Crippen LogP contribution < -0.4 is 10.1 Å². The van der Waals surface area contributed by atoms with Crippen molar-refractivity contribution in [2.24, 2.45) is 5.92 Å². The molecular formula is C27H32ClNO4. The minimum Gasteiger partial charge on any atom is -0.493 e. The zero-order valence-electron chi connectivity index (χ0n) is 19.2. The summed E-state index contributed by atoms with van der Waals surface area (Å²) < 4.78 is 11.2. The Labute approximate surface area is 200 Å². The van der Waals surface area contributed by atoms with Gasteiger partial charge in [-0.2, -0.15) is 0 Å². The number of aliphatic hydroxyl groups excluding tert-OH is 1. The normalized spacial score (nSPS) is 27.7. The van der Waals surface area contributed by atoms with E-state index in [0.29, 0.717) is 23.8 Å². The summed E-state index contributed by atoms with van der Waals surface area (Å²) >= 11 is 6.20. The van der Waals surface area contributed by atoms with Crippen LogP contribution in [0.2, 0.25) is 5.02 Å². The van der Waals surface area contributed by atoms with Crippen molar-refractivity contribution in [2.75, 3.05) is 25.6 Å². The summed E-state index contributed by atoms with van der Waals surface area (Å²) in [6, 6.07) is 12.1. The Kier molecular flexibility index (Phi) is 6.04. The molecule has 1 saturated carbocycles. The highest BCUT2D eigenvalue weighted by Gasteiger charge is 2.54. The van der Waals surface area contributed by atoms with Gasteiger partial charge in [-0.15, -0.1) is 0 Å². The summed E-state index contributed by atoms with van der Waals surface area (Å²) in [5.41, 5.74) is 4.19. The van der Waals surface area contributed by atoms with Gasteiger partial charge in [-0.1, -0.05) is 23.7 Å². The molecule has 2 aromatic carbocycles. The van der Waals surface area contributed by atoms with Crippen LogP contribution in [0.25, 0.3) is 0 Å². The summed E-state index contributed by atoms with van der Waals surface area (Å²) in [7, 11) is 1.46. The largest absolute Gasteiger partial charge is 0.493 e. The standard InChI is InChI=1S/C27H32ClNO4/c1-32-25(31)27(29-22-6-2-5-21(28)16-22)10-8-26(9-11-27)20(4-3-12-30)15-19-14-18-7-13-33-24(18)17-23(19)26/h2,5-6,14,16-17,20,29-30H,3-4,7-13,15H2,1H3. The first kappa shape index (κ1) is 22.5. The molecule has 1 heterocycles. The monoisotopic (exact) mass is 469 g/mol. The van der Waals surface area contributed by atoms with E-state index < -0.39 is 5.54 Å². The summed E-state index contributed by atoms with van der Waals surface area (Å²) in [6.07, 6.45) is 6.94. The number of hydrogen-bond donors (Lipinski definition) is 2. The molecule has 5 nitrogen and oxygen atoms in total. The molecule has 2 aliphatic carbocycles. The number of aliphatic hydroxyl groups is 1. The van der Waals surface area contributed by atoms with Crippen molar-refractivity contribution in [1.82, 2.24) is 0 Å². The van der Waals surface area contributed by atoms with Crippen molar-refractivity contribution in [3.63, 3.8) is 0 Å². The summed E-state index contributed by atoms with van der Waals surface area (Å²) in [4.78, 5) is 13.1. The fourth-order valence-electron chi connectivity index (χ4n) is 6.52. The van der Waals surface area contributed by atoms with Crippen LogP contribution in [0, 0.1) is 5.92 Å². The number of hydrogen-bond acceptors (Lipinski definition) is 5. The van der Waals surface area contributed by atoms with Crippen molar-refractivity contribution in [2.45, 2.75) is 62.3 Å². The van der Waals surface area contributed by atoms with Gasteiger partial charge in [0.15, 0.2) is 0 Å². The van der Waals surface area contributed by atoms with Crippen molar-refractivity contribution >= 4 is 23.3 Å². The first-order valence-corrected chi connectivity index (χ1v) is 12.4. The van der Waals surface area contributed by atoms with Gasteiger partial charge in [0, 0.05) is 23.7 Å². The zero-order valence-corrected chi connectivity index (χ0v) is 19.9. The Morgan fingerprint density at radius 1 is 1.21 bits per heavy atom. The van der Waals surface area contributed by atoms with Crippen LogP contribution in [0.4, 0.5) is 5.69 Å². The van der Waals surface area contributed by atoms with Crippen LogP contribution in [-0.4, -0.2) is 36.9 Å². The molecule has 0 radical (unpaired) electrons. The Morgan fingerprint density at radius 3 is 2.76 bits per heavy atom. The third-order valence-electron chi connectivity index (χ3n) is 8.19. The van der Waals surface area contributed by atoms with Gasteiger partial charge in [0.05, 0.1) is 13.7 Å². The molecule has 0 saturated heterocycles. The van der Waals surface area contributed by atoms with Crippen LogP contribution in [0.3, 0.4) is 0 Å². The fraction of sp³-hybridized carbons (Fsp3) is 0.519. The Bertz CT molecular complexity index is 1040. The number of rotatable bonds is 6. The maximum absolute atomic E-state index is 13.1. The molecule has 176 valence electrons. The highest BCUT2D eigenvalue weighted by Crippen LogP contribution is 2.57. The van der Waals surface area contributed by atoms with E-state index in [1.54, 1.807) is 0 Å². The second-order valence-electron chi connectivity index (χ2n) is 9.85. The molecule has 0 bridgehead atoms. The number of carbonyl (C=O) groups is 1. The number of nitrogens with one attached hydrogen (secondary N) is 1. The van der Waals surface area contributed by atoms with E-state index in [1.807, 2.05) is 24.3 Å². The van der Waals surface area contributed by atoms with Gasteiger partial charge in [0.2, 0.25) is 0 Å². The number of carbonyl (C=O) groups excluding carboxylic acids is 1. The number of fused-ring (bicyclic) bond motifs is 3. The second kappa shape index (κ2) is 8.84. The molecule has 2 aromatic rings. The molecule has 1 aliphatic heterocycles. The highest BCUT2D eigenvalue weighted by molar-refractivity contribution is 6.30. The molecule has 0 amide bonds. The molecule has 5 rings (SSSR count). The lowest BCUT2D eigenvalue weighted by atomic mass is 9.60. The number of benzene rings is 2. The van der Waals surface area contributed by atoms with Gasteiger partial charge < -0.3 is 19.9 Å². The van der Waals surface area contributed by atoms with E-state index in [0.717, 1.165) is 56.6 Å². The first-order valence-electron chi connectivity index (χ1n) is 12.0. The van der Waals surface area contributed by atoms with E-state index in [4.69, 9.17) is 21.1 Å². The van der Waals surface area contributed by atoms with Gasteiger partial charge in [0.25, 0.3) is 0 Å². The predicted molar refractivity (Wildman–Crippen MR) is 129 cm³/mol. The van der Waals surface area contributed by atoms with Gasteiger partial charge in [-0.05, 0) is 97.2 Å². The first-order chi connectivity index (χ1) is 16.0. The molecule has 0 aromatic heterocycles. The fourth-order valence-corrected chi connectivity index (χ4v) is 6.71. The summed E-state index contributed by atoms with van der Waals surface area (Å²) in [6.45, 7) is 0.971. The van der Waals surface area contributed by atoms with Crippen LogP contribution >= 0.6 is 11.6 Å². The maximum Gasteiger partial charge on any atom is 0.331 e. The highest BCUT2D eigenvalue weighted by atomic mass is 35.5. The lowest BCUT2D eigenvalue weighted by molar-refractivity contribution is -0.148. The molecule has 1 spiro atoms. The molecule has 2 N–H and O–H groups in total. The van der Waals surface area contributed by atoms with Crippen LogP contribution in [0.15, 0.2) is 36.4 Å². The molecule has 1 unspecified atom stereocenters. The van der Waals surface area contributed by atoms with E-state index in [-0.39, 0.29) is 18.0 Å². The van der Waals surface area contributed by atoms with Crippen LogP contribution in [-0.2, 0) is 27.8 Å². The van der Waals surface area contributed by atoms with Crippen LogP contribution in [0.5, 0.6) is 5.75 Å². The number of methoxy groups -OCH3 is 1. The smallest absolute Gasteiger partial charge is 0.331 e. The van der Waals surface area contributed by atoms with E-state index in [1.165, 1.54) is 23.8 Å². The lowest BCUT2D eigenvalue weighted by Gasteiger charge is -2.47. The van der Waals surface area contributed by atoms with E-state index in [9.17, 15) is 9.90 Å².